The Bertz CT molecular complexity index is 648. The molecule has 1 aromatic carbocycles. The number of aliphatic carboxylic acids is 1. The van der Waals surface area contributed by atoms with Crippen LogP contribution in [0.1, 0.15) is 18.4 Å². The van der Waals surface area contributed by atoms with E-state index in [1.807, 2.05) is 30.3 Å². The first-order valence-corrected chi connectivity index (χ1v) is 7.22. The molecule has 1 aliphatic heterocycles. The van der Waals surface area contributed by atoms with Crippen molar-refractivity contribution >= 4 is 11.8 Å². The van der Waals surface area contributed by atoms with Gasteiger partial charge < -0.3 is 14.7 Å². The topological polar surface area (TPSA) is 75.5 Å². The number of rotatable bonds is 5. The van der Waals surface area contributed by atoms with Crippen LogP contribution in [0.3, 0.4) is 0 Å². The summed E-state index contributed by atoms with van der Waals surface area (Å²) in [5.74, 6) is 0.232. The zero-order chi connectivity index (χ0) is 15.4. The Morgan fingerprint density at radius 3 is 2.91 bits per heavy atom. The fraction of sp³-hybridized carbons (Fsp3) is 0.312. The quantitative estimate of drug-likeness (QED) is 0.911. The third kappa shape index (κ3) is 3.16. The van der Waals surface area contributed by atoms with E-state index >= 15 is 0 Å². The van der Waals surface area contributed by atoms with Crippen LogP contribution in [0.15, 0.2) is 42.7 Å². The molecule has 0 unspecified atom stereocenters. The molecule has 6 heteroatoms. The van der Waals surface area contributed by atoms with Gasteiger partial charge in [0.25, 0.3) is 0 Å². The molecule has 114 valence electrons. The lowest BCUT2D eigenvalue weighted by Gasteiger charge is -2.22. The summed E-state index contributed by atoms with van der Waals surface area (Å²) in [6.45, 7) is 1.10. The maximum Gasteiger partial charge on any atom is 0.326 e. The van der Waals surface area contributed by atoms with E-state index in [0.29, 0.717) is 31.3 Å². The van der Waals surface area contributed by atoms with E-state index in [-0.39, 0.29) is 0 Å². The molecule has 1 aromatic heterocycles. The monoisotopic (exact) mass is 299 g/mol. The molecule has 1 fully saturated rings. The maximum atomic E-state index is 11.3. The summed E-state index contributed by atoms with van der Waals surface area (Å²) in [5.41, 5.74) is 1.05. The van der Waals surface area contributed by atoms with Crippen LogP contribution in [0.5, 0.6) is 5.88 Å². The molecule has 1 atom stereocenters. The molecular weight excluding hydrogens is 282 g/mol. The van der Waals surface area contributed by atoms with Gasteiger partial charge in [-0.2, -0.15) is 0 Å². The molecule has 22 heavy (non-hydrogen) atoms. The van der Waals surface area contributed by atoms with Gasteiger partial charge >= 0.3 is 5.97 Å². The minimum atomic E-state index is -0.817. The van der Waals surface area contributed by atoms with Crippen molar-refractivity contribution in [3.05, 3.63) is 48.3 Å². The van der Waals surface area contributed by atoms with Crippen molar-refractivity contribution in [2.75, 3.05) is 11.4 Å². The van der Waals surface area contributed by atoms with E-state index in [9.17, 15) is 9.90 Å². The van der Waals surface area contributed by atoms with E-state index in [1.165, 1.54) is 6.33 Å². The number of nitrogens with zero attached hydrogens (tertiary/aromatic N) is 3. The molecular formula is C16H17N3O3. The predicted molar refractivity (Wildman–Crippen MR) is 80.8 cm³/mol. The average molecular weight is 299 g/mol. The molecule has 0 saturated carbocycles. The van der Waals surface area contributed by atoms with Crippen LogP contribution in [-0.4, -0.2) is 33.6 Å². The third-order valence-corrected chi connectivity index (χ3v) is 3.69. The van der Waals surface area contributed by atoms with Crippen LogP contribution < -0.4 is 9.64 Å². The molecule has 6 nitrogen and oxygen atoms in total. The molecule has 0 spiro atoms. The lowest BCUT2D eigenvalue weighted by atomic mass is 10.2. The summed E-state index contributed by atoms with van der Waals surface area (Å²) in [7, 11) is 0. The van der Waals surface area contributed by atoms with Gasteiger partial charge in [-0.05, 0) is 18.4 Å². The van der Waals surface area contributed by atoms with Gasteiger partial charge in [0, 0.05) is 12.6 Å². The lowest BCUT2D eigenvalue weighted by molar-refractivity contribution is -0.138. The molecule has 3 rings (SSSR count). The Hall–Kier alpha value is -2.63. The second-order valence-corrected chi connectivity index (χ2v) is 5.18. The Morgan fingerprint density at radius 2 is 2.14 bits per heavy atom. The van der Waals surface area contributed by atoms with Crippen molar-refractivity contribution < 1.29 is 14.6 Å². The summed E-state index contributed by atoms with van der Waals surface area (Å²) in [6.07, 6.45) is 2.90. The number of carboxylic acids is 1. The fourth-order valence-electron chi connectivity index (χ4n) is 2.60. The summed E-state index contributed by atoms with van der Waals surface area (Å²) < 4.78 is 5.66. The first-order valence-electron chi connectivity index (χ1n) is 7.22. The van der Waals surface area contributed by atoms with Gasteiger partial charge in [-0.3, -0.25) is 0 Å². The number of carbonyl (C=O) groups is 1. The molecule has 0 radical (unpaired) electrons. The SMILES string of the molecule is O=C(O)[C@H]1CCCN1c1cc(OCc2ccccc2)ncn1. The number of carboxylic acid groups (broad SMARTS) is 1. The fourth-order valence-corrected chi connectivity index (χ4v) is 2.60. The van der Waals surface area contributed by atoms with Crippen LogP contribution in [-0.2, 0) is 11.4 Å². The van der Waals surface area contributed by atoms with E-state index in [2.05, 4.69) is 9.97 Å². The smallest absolute Gasteiger partial charge is 0.326 e. The zero-order valence-corrected chi connectivity index (χ0v) is 12.1. The average Bonchev–Trinajstić information content (AvgIpc) is 3.04. The zero-order valence-electron chi connectivity index (χ0n) is 12.1. The molecule has 1 saturated heterocycles. The summed E-state index contributed by atoms with van der Waals surface area (Å²) in [6, 6.07) is 11.0. The number of anilines is 1. The standard InChI is InChI=1S/C16H17N3O3/c20-16(21)13-7-4-8-19(13)14-9-15(18-11-17-14)22-10-12-5-2-1-3-6-12/h1-3,5-6,9,11,13H,4,7-8,10H2,(H,20,21)/t13-/m1/s1. The van der Waals surface area contributed by atoms with Crippen LogP contribution >= 0.6 is 0 Å². The molecule has 0 amide bonds. The van der Waals surface area contributed by atoms with Gasteiger partial charge in [-0.15, -0.1) is 0 Å². The Morgan fingerprint density at radius 1 is 1.32 bits per heavy atom. The highest BCUT2D eigenvalue weighted by atomic mass is 16.5. The lowest BCUT2D eigenvalue weighted by Crippen LogP contribution is -2.36. The molecule has 0 bridgehead atoms. The van der Waals surface area contributed by atoms with Crippen LogP contribution in [0, 0.1) is 0 Å². The van der Waals surface area contributed by atoms with Gasteiger partial charge in [0.15, 0.2) is 0 Å². The highest BCUT2D eigenvalue weighted by Crippen LogP contribution is 2.25. The third-order valence-electron chi connectivity index (χ3n) is 3.69. The molecule has 2 aromatic rings. The minimum absolute atomic E-state index is 0.416. The van der Waals surface area contributed by atoms with Crippen molar-refractivity contribution in [3.63, 3.8) is 0 Å². The largest absolute Gasteiger partial charge is 0.480 e. The first kappa shape index (κ1) is 14.3. The van der Waals surface area contributed by atoms with Crippen LogP contribution in [0.2, 0.25) is 0 Å². The van der Waals surface area contributed by atoms with Gasteiger partial charge in [0.05, 0.1) is 0 Å². The van der Waals surface area contributed by atoms with Crippen molar-refractivity contribution in [3.8, 4) is 5.88 Å². The predicted octanol–water partition coefficient (Wildman–Crippen LogP) is 2.11. The number of ether oxygens (including phenoxy) is 1. The minimum Gasteiger partial charge on any atom is -0.480 e. The van der Waals surface area contributed by atoms with Gasteiger partial charge in [-0.1, -0.05) is 30.3 Å². The molecule has 1 N–H and O–H groups in total. The second-order valence-electron chi connectivity index (χ2n) is 5.18. The maximum absolute atomic E-state index is 11.3. The first-order chi connectivity index (χ1) is 10.7. The van der Waals surface area contributed by atoms with E-state index in [1.54, 1.807) is 11.0 Å². The highest BCUT2D eigenvalue weighted by Gasteiger charge is 2.31. The number of aromatic nitrogens is 2. The highest BCUT2D eigenvalue weighted by molar-refractivity contribution is 5.78. The molecule has 1 aliphatic rings. The van der Waals surface area contributed by atoms with Gasteiger partial charge in [-0.25, -0.2) is 14.8 Å². The van der Waals surface area contributed by atoms with Gasteiger partial charge in [0.1, 0.15) is 24.8 Å². The number of hydrogen-bond donors (Lipinski definition) is 1. The van der Waals surface area contributed by atoms with Crippen molar-refractivity contribution in [2.45, 2.75) is 25.5 Å². The molecule has 0 aliphatic carbocycles. The van der Waals surface area contributed by atoms with E-state index in [0.717, 1.165) is 12.0 Å². The normalized spacial score (nSPS) is 17.5. The Labute approximate surface area is 128 Å². The summed E-state index contributed by atoms with van der Waals surface area (Å²) in [4.78, 5) is 21.3. The number of benzene rings is 1. The number of hydrogen-bond acceptors (Lipinski definition) is 5. The van der Waals surface area contributed by atoms with Crippen LogP contribution in [0.4, 0.5) is 5.82 Å². The van der Waals surface area contributed by atoms with Crippen molar-refractivity contribution in [1.82, 2.24) is 9.97 Å². The molecule has 2 heterocycles. The Kier molecular flexibility index (Phi) is 4.18. The van der Waals surface area contributed by atoms with E-state index in [4.69, 9.17) is 4.74 Å². The summed E-state index contributed by atoms with van der Waals surface area (Å²) >= 11 is 0. The summed E-state index contributed by atoms with van der Waals surface area (Å²) in [5, 5.41) is 9.25. The van der Waals surface area contributed by atoms with Crippen LogP contribution in [0.25, 0.3) is 0 Å². The second kappa shape index (κ2) is 6.43. The Balaban J connectivity index is 1.71. The van der Waals surface area contributed by atoms with Crippen molar-refractivity contribution in [2.24, 2.45) is 0 Å². The van der Waals surface area contributed by atoms with E-state index < -0.39 is 12.0 Å². The van der Waals surface area contributed by atoms with Crippen molar-refractivity contribution in [1.29, 1.82) is 0 Å². The van der Waals surface area contributed by atoms with Gasteiger partial charge in [0.2, 0.25) is 5.88 Å².